The molecule has 0 aliphatic heterocycles. The van der Waals surface area contributed by atoms with Gasteiger partial charge >= 0.3 is 0 Å². The van der Waals surface area contributed by atoms with E-state index >= 15 is 0 Å². The van der Waals surface area contributed by atoms with E-state index in [-0.39, 0.29) is 11.9 Å². The Balaban J connectivity index is 2.46. The van der Waals surface area contributed by atoms with Gasteiger partial charge in [0.25, 0.3) is 0 Å². The van der Waals surface area contributed by atoms with Crippen LogP contribution in [0.1, 0.15) is 37.9 Å². The third kappa shape index (κ3) is 5.00. The van der Waals surface area contributed by atoms with Gasteiger partial charge in [0.15, 0.2) is 0 Å². The molecule has 94 valence electrons. The molecule has 0 fully saturated rings. The van der Waals surface area contributed by atoms with Gasteiger partial charge in [-0.15, -0.1) is 0 Å². The molecule has 1 aromatic rings. The van der Waals surface area contributed by atoms with E-state index in [2.05, 4.69) is 41.8 Å². The molecule has 0 aliphatic carbocycles. The summed E-state index contributed by atoms with van der Waals surface area (Å²) in [6.45, 7) is 8.47. The lowest BCUT2D eigenvalue weighted by molar-refractivity contribution is -0.121. The molecule has 1 amide bonds. The van der Waals surface area contributed by atoms with Gasteiger partial charge in [-0.1, -0.05) is 43.7 Å². The molecule has 3 nitrogen and oxygen atoms in total. The highest BCUT2D eigenvalue weighted by molar-refractivity contribution is 5.78. The molecule has 0 spiro atoms. The van der Waals surface area contributed by atoms with Crippen LogP contribution in [0.5, 0.6) is 0 Å². The topological polar surface area (TPSA) is 41.1 Å². The number of amides is 1. The molecule has 0 saturated carbocycles. The molecule has 17 heavy (non-hydrogen) atoms. The summed E-state index contributed by atoms with van der Waals surface area (Å²) >= 11 is 0. The summed E-state index contributed by atoms with van der Waals surface area (Å²) in [7, 11) is 0. The van der Waals surface area contributed by atoms with Gasteiger partial charge in [0.1, 0.15) is 0 Å². The summed E-state index contributed by atoms with van der Waals surface area (Å²) in [6.07, 6.45) is 0. The van der Waals surface area contributed by atoms with Gasteiger partial charge in [-0.2, -0.15) is 0 Å². The Bertz CT molecular complexity index is 357. The number of hydrogen-bond donors (Lipinski definition) is 2. The fraction of sp³-hybridized carbons (Fsp3) is 0.500. The summed E-state index contributed by atoms with van der Waals surface area (Å²) in [6, 6.07) is 8.61. The lowest BCUT2D eigenvalue weighted by atomic mass is 10.1. The number of carbonyl (C=O) groups excluding carboxylic acids is 1. The van der Waals surface area contributed by atoms with Gasteiger partial charge in [0.05, 0.1) is 12.6 Å². The first-order chi connectivity index (χ1) is 7.99. The summed E-state index contributed by atoms with van der Waals surface area (Å²) in [5.41, 5.74) is 2.36. The monoisotopic (exact) mass is 234 g/mol. The maximum Gasteiger partial charge on any atom is 0.234 e. The van der Waals surface area contributed by atoms with Crippen LogP contribution in [0.25, 0.3) is 0 Å². The van der Waals surface area contributed by atoms with Gasteiger partial charge in [0.2, 0.25) is 5.91 Å². The molecule has 3 heteroatoms. The Labute approximate surface area is 104 Å². The lowest BCUT2D eigenvalue weighted by Gasteiger charge is -2.15. The highest BCUT2D eigenvalue weighted by Crippen LogP contribution is 2.12. The number of hydrogen-bond acceptors (Lipinski definition) is 2. The number of nitrogens with one attached hydrogen (secondary N) is 2. The fourth-order valence-corrected chi connectivity index (χ4v) is 1.53. The van der Waals surface area contributed by atoms with Crippen LogP contribution in [-0.4, -0.2) is 18.5 Å². The predicted molar refractivity (Wildman–Crippen MR) is 70.9 cm³/mol. The van der Waals surface area contributed by atoms with Crippen molar-refractivity contribution in [1.82, 2.24) is 10.6 Å². The number of rotatable bonds is 5. The van der Waals surface area contributed by atoms with Gasteiger partial charge in [-0.25, -0.2) is 0 Å². The van der Waals surface area contributed by atoms with Crippen molar-refractivity contribution in [2.45, 2.75) is 39.8 Å². The largest absolute Gasteiger partial charge is 0.348 e. The number of aryl methyl sites for hydroxylation is 1. The molecule has 1 atom stereocenters. The molecule has 1 aromatic carbocycles. The molecule has 0 bridgehead atoms. The van der Waals surface area contributed by atoms with E-state index < -0.39 is 0 Å². The van der Waals surface area contributed by atoms with Crippen LogP contribution in [0.2, 0.25) is 0 Å². The van der Waals surface area contributed by atoms with Gasteiger partial charge in [-0.3, -0.25) is 4.79 Å². The minimum Gasteiger partial charge on any atom is -0.348 e. The molecule has 0 aliphatic rings. The Morgan fingerprint density at radius 1 is 1.18 bits per heavy atom. The predicted octanol–water partition coefficient (Wildman–Crippen LogP) is 2.17. The molecule has 0 heterocycles. The van der Waals surface area contributed by atoms with Crippen molar-refractivity contribution in [1.29, 1.82) is 0 Å². The summed E-state index contributed by atoms with van der Waals surface area (Å²) < 4.78 is 0. The normalized spacial score (nSPS) is 12.5. The van der Waals surface area contributed by atoms with E-state index in [1.165, 1.54) is 5.56 Å². The van der Waals surface area contributed by atoms with Crippen LogP contribution in [-0.2, 0) is 4.79 Å². The van der Waals surface area contributed by atoms with Crippen molar-refractivity contribution >= 4 is 5.91 Å². The first kappa shape index (κ1) is 13.7. The van der Waals surface area contributed by atoms with Crippen LogP contribution < -0.4 is 10.6 Å². The molecule has 0 saturated heterocycles. The third-order valence-electron chi connectivity index (χ3n) is 2.63. The van der Waals surface area contributed by atoms with Crippen molar-refractivity contribution in [2.75, 3.05) is 6.54 Å². The van der Waals surface area contributed by atoms with E-state index in [1.54, 1.807) is 0 Å². The Morgan fingerprint density at radius 2 is 1.76 bits per heavy atom. The lowest BCUT2D eigenvalue weighted by Crippen LogP contribution is -2.37. The van der Waals surface area contributed by atoms with Gasteiger partial charge < -0.3 is 10.6 Å². The summed E-state index contributed by atoms with van der Waals surface area (Å²) in [5.74, 6) is 0.0341. The molecule has 0 aromatic heterocycles. The van der Waals surface area contributed by atoms with E-state index in [9.17, 15) is 4.79 Å². The summed E-state index contributed by atoms with van der Waals surface area (Å²) in [4.78, 5) is 11.6. The van der Waals surface area contributed by atoms with E-state index in [1.807, 2.05) is 20.8 Å². The average Bonchev–Trinajstić information content (AvgIpc) is 2.27. The second-order valence-electron chi connectivity index (χ2n) is 4.74. The highest BCUT2D eigenvalue weighted by atomic mass is 16.1. The third-order valence-corrected chi connectivity index (χ3v) is 2.63. The smallest absolute Gasteiger partial charge is 0.234 e. The molecular formula is C14H22N2O. The Morgan fingerprint density at radius 3 is 2.29 bits per heavy atom. The molecular weight excluding hydrogens is 212 g/mol. The SMILES string of the molecule is Cc1ccc(C(C)NC(=O)CNC(C)C)cc1. The van der Waals surface area contributed by atoms with Crippen LogP contribution >= 0.6 is 0 Å². The van der Waals surface area contributed by atoms with Crippen molar-refractivity contribution in [3.05, 3.63) is 35.4 Å². The quantitative estimate of drug-likeness (QED) is 0.820. The summed E-state index contributed by atoms with van der Waals surface area (Å²) in [5, 5.41) is 6.07. The van der Waals surface area contributed by atoms with Crippen LogP contribution in [0.4, 0.5) is 0 Å². The van der Waals surface area contributed by atoms with Crippen LogP contribution in [0, 0.1) is 6.92 Å². The van der Waals surface area contributed by atoms with Crippen molar-refractivity contribution in [2.24, 2.45) is 0 Å². The van der Waals surface area contributed by atoms with Crippen LogP contribution in [0.15, 0.2) is 24.3 Å². The molecule has 0 radical (unpaired) electrons. The second kappa shape index (κ2) is 6.40. The minimum atomic E-state index is 0.0341. The standard InChI is InChI=1S/C14H22N2O/c1-10(2)15-9-14(17)16-12(4)13-7-5-11(3)6-8-13/h5-8,10,12,15H,9H2,1-4H3,(H,16,17). The maximum absolute atomic E-state index is 11.6. The first-order valence-corrected chi connectivity index (χ1v) is 6.08. The Kier molecular flexibility index (Phi) is 5.16. The average molecular weight is 234 g/mol. The zero-order chi connectivity index (χ0) is 12.8. The fourth-order valence-electron chi connectivity index (χ4n) is 1.53. The minimum absolute atomic E-state index is 0.0341. The van der Waals surface area contributed by atoms with Crippen molar-refractivity contribution in [3.8, 4) is 0 Å². The molecule has 1 rings (SSSR count). The van der Waals surface area contributed by atoms with E-state index in [0.717, 1.165) is 5.56 Å². The zero-order valence-electron chi connectivity index (χ0n) is 11.1. The molecule has 1 unspecified atom stereocenters. The van der Waals surface area contributed by atoms with E-state index in [4.69, 9.17) is 0 Å². The van der Waals surface area contributed by atoms with E-state index in [0.29, 0.717) is 12.6 Å². The first-order valence-electron chi connectivity index (χ1n) is 6.08. The zero-order valence-corrected chi connectivity index (χ0v) is 11.1. The Hall–Kier alpha value is -1.35. The maximum atomic E-state index is 11.6. The van der Waals surface area contributed by atoms with Crippen molar-refractivity contribution in [3.63, 3.8) is 0 Å². The van der Waals surface area contributed by atoms with Gasteiger partial charge in [0, 0.05) is 6.04 Å². The second-order valence-corrected chi connectivity index (χ2v) is 4.74. The highest BCUT2D eigenvalue weighted by Gasteiger charge is 2.09. The number of benzene rings is 1. The van der Waals surface area contributed by atoms with Gasteiger partial charge in [-0.05, 0) is 19.4 Å². The number of carbonyl (C=O) groups is 1. The van der Waals surface area contributed by atoms with Crippen molar-refractivity contribution < 1.29 is 4.79 Å². The van der Waals surface area contributed by atoms with Crippen LogP contribution in [0.3, 0.4) is 0 Å². The molecule has 2 N–H and O–H groups in total.